The number of benzene rings is 2. The van der Waals surface area contributed by atoms with Gasteiger partial charge in [-0.3, -0.25) is 14.8 Å². The third-order valence-electron chi connectivity index (χ3n) is 3.15. The molecule has 0 unspecified atom stereocenters. The minimum absolute atomic E-state index is 0.119. The van der Waals surface area contributed by atoms with Crippen LogP contribution in [0.1, 0.15) is 6.92 Å². The number of ether oxygens (including phenoxy) is 2. The summed E-state index contributed by atoms with van der Waals surface area (Å²) in [5.41, 5.74) is -0.742. The highest BCUT2D eigenvalue weighted by Crippen LogP contribution is 2.31. The molecule has 0 saturated carbocycles. The van der Waals surface area contributed by atoms with E-state index in [1.165, 1.54) is 19.2 Å². The number of anilines is 1. The Labute approximate surface area is 143 Å². The molecule has 0 radical (unpaired) electrons. The number of nitrogens with one attached hydrogen (secondary N) is 1. The minimum atomic E-state index is -4.23. The number of hydrogen-bond acceptors (Lipinski definition) is 6. The maximum absolute atomic E-state index is 13.7. The van der Waals surface area contributed by atoms with Gasteiger partial charge < -0.3 is 9.47 Å². The SMILES string of the molecule is CCOc1ccc(NS(=O)(=O)c2ccc(OC)c(F)c2)c([N+](=O)[O-])c1. The molecule has 25 heavy (non-hydrogen) atoms. The highest BCUT2D eigenvalue weighted by Gasteiger charge is 2.22. The van der Waals surface area contributed by atoms with Gasteiger partial charge in [-0.2, -0.15) is 0 Å². The molecule has 0 aliphatic carbocycles. The van der Waals surface area contributed by atoms with Crippen LogP contribution < -0.4 is 14.2 Å². The molecule has 0 saturated heterocycles. The van der Waals surface area contributed by atoms with Crippen molar-refractivity contribution in [1.82, 2.24) is 0 Å². The van der Waals surface area contributed by atoms with Gasteiger partial charge in [-0.1, -0.05) is 0 Å². The smallest absolute Gasteiger partial charge is 0.297 e. The number of halogens is 1. The van der Waals surface area contributed by atoms with E-state index < -0.39 is 31.3 Å². The molecule has 0 atom stereocenters. The highest BCUT2D eigenvalue weighted by molar-refractivity contribution is 7.92. The Morgan fingerprint density at radius 2 is 1.96 bits per heavy atom. The largest absolute Gasteiger partial charge is 0.494 e. The lowest BCUT2D eigenvalue weighted by atomic mass is 10.2. The fourth-order valence-electron chi connectivity index (χ4n) is 2.02. The first-order chi connectivity index (χ1) is 11.8. The fourth-order valence-corrected chi connectivity index (χ4v) is 3.11. The van der Waals surface area contributed by atoms with Crippen LogP contribution in [0.15, 0.2) is 41.3 Å². The number of hydrogen-bond donors (Lipinski definition) is 1. The van der Waals surface area contributed by atoms with E-state index in [1.54, 1.807) is 6.92 Å². The molecule has 0 aliphatic heterocycles. The van der Waals surface area contributed by atoms with Crippen LogP contribution in [0.25, 0.3) is 0 Å². The van der Waals surface area contributed by atoms with Crippen molar-refractivity contribution in [2.24, 2.45) is 0 Å². The summed E-state index contributed by atoms with van der Waals surface area (Å²) in [7, 11) is -2.99. The summed E-state index contributed by atoms with van der Waals surface area (Å²) < 4.78 is 50.4. The highest BCUT2D eigenvalue weighted by atomic mass is 32.2. The number of nitro benzene ring substituents is 1. The van der Waals surface area contributed by atoms with Crippen molar-refractivity contribution >= 4 is 21.4 Å². The van der Waals surface area contributed by atoms with Crippen molar-refractivity contribution in [3.63, 3.8) is 0 Å². The van der Waals surface area contributed by atoms with Crippen molar-refractivity contribution in [1.29, 1.82) is 0 Å². The third kappa shape index (κ3) is 4.15. The minimum Gasteiger partial charge on any atom is -0.494 e. The lowest BCUT2D eigenvalue weighted by molar-refractivity contribution is -0.384. The Hall–Kier alpha value is -2.88. The summed E-state index contributed by atoms with van der Waals surface area (Å²) in [6, 6.07) is 6.75. The van der Waals surface area contributed by atoms with Gasteiger partial charge in [0.05, 0.1) is 29.6 Å². The molecule has 0 aromatic heterocycles. The molecule has 8 nitrogen and oxygen atoms in total. The summed E-state index contributed by atoms with van der Waals surface area (Å²) in [5.74, 6) is -0.759. The molecule has 2 aromatic carbocycles. The van der Waals surface area contributed by atoms with E-state index in [0.717, 1.165) is 24.3 Å². The molecule has 0 spiro atoms. The first-order valence-electron chi connectivity index (χ1n) is 7.06. The molecular weight excluding hydrogens is 355 g/mol. The maximum atomic E-state index is 13.7. The average molecular weight is 370 g/mol. The molecule has 2 aromatic rings. The van der Waals surface area contributed by atoms with E-state index in [1.807, 2.05) is 0 Å². The quantitative estimate of drug-likeness (QED) is 0.593. The summed E-state index contributed by atoms with van der Waals surface area (Å²) in [6.45, 7) is 2.01. The molecule has 0 bridgehead atoms. The molecule has 1 N–H and O–H groups in total. The van der Waals surface area contributed by atoms with Gasteiger partial charge in [0.15, 0.2) is 11.6 Å². The van der Waals surface area contributed by atoms with Gasteiger partial charge in [0, 0.05) is 0 Å². The van der Waals surface area contributed by atoms with Gasteiger partial charge >= 0.3 is 0 Å². The zero-order valence-electron chi connectivity index (χ0n) is 13.4. The Morgan fingerprint density at radius 1 is 1.24 bits per heavy atom. The predicted molar refractivity (Wildman–Crippen MR) is 88.0 cm³/mol. The second-order valence-electron chi connectivity index (χ2n) is 4.77. The number of nitro groups is 1. The van der Waals surface area contributed by atoms with Crippen LogP contribution in [0.5, 0.6) is 11.5 Å². The Balaban J connectivity index is 2.40. The van der Waals surface area contributed by atoms with E-state index >= 15 is 0 Å². The van der Waals surface area contributed by atoms with Crippen molar-refractivity contribution in [2.45, 2.75) is 11.8 Å². The van der Waals surface area contributed by atoms with Crippen LogP contribution in [0.3, 0.4) is 0 Å². The van der Waals surface area contributed by atoms with Gasteiger partial charge in [0.1, 0.15) is 11.4 Å². The second-order valence-corrected chi connectivity index (χ2v) is 6.45. The molecule has 134 valence electrons. The van der Waals surface area contributed by atoms with Crippen molar-refractivity contribution in [2.75, 3.05) is 18.4 Å². The number of sulfonamides is 1. The molecule has 2 rings (SSSR count). The molecule has 0 heterocycles. The fraction of sp³-hybridized carbons (Fsp3) is 0.200. The van der Waals surface area contributed by atoms with Gasteiger partial charge in [-0.25, -0.2) is 12.8 Å². The summed E-state index contributed by atoms with van der Waals surface area (Å²) in [4.78, 5) is 10.0. The first-order valence-corrected chi connectivity index (χ1v) is 8.54. The van der Waals surface area contributed by atoms with Crippen LogP contribution in [0.2, 0.25) is 0 Å². The average Bonchev–Trinajstić information content (AvgIpc) is 2.56. The number of rotatable bonds is 7. The van der Waals surface area contributed by atoms with Crippen LogP contribution in [0.4, 0.5) is 15.8 Å². The van der Waals surface area contributed by atoms with Gasteiger partial charge in [0.2, 0.25) is 0 Å². The molecular formula is C15H15FN2O6S. The number of methoxy groups -OCH3 is 1. The van der Waals surface area contributed by atoms with Crippen LogP contribution in [-0.2, 0) is 10.0 Å². The Morgan fingerprint density at radius 3 is 2.52 bits per heavy atom. The van der Waals surface area contributed by atoms with Crippen molar-refractivity contribution in [3.05, 3.63) is 52.3 Å². The maximum Gasteiger partial charge on any atom is 0.297 e. The van der Waals surface area contributed by atoms with Crippen molar-refractivity contribution in [3.8, 4) is 11.5 Å². The summed E-state index contributed by atoms with van der Waals surface area (Å²) >= 11 is 0. The Kier molecular flexibility index (Phi) is 5.42. The van der Waals surface area contributed by atoms with Crippen LogP contribution in [0, 0.1) is 15.9 Å². The molecule has 0 aliphatic rings. The van der Waals surface area contributed by atoms with E-state index in [9.17, 15) is 22.9 Å². The topological polar surface area (TPSA) is 108 Å². The normalized spacial score (nSPS) is 11.0. The zero-order valence-corrected chi connectivity index (χ0v) is 14.2. The third-order valence-corrected chi connectivity index (χ3v) is 4.52. The van der Waals surface area contributed by atoms with Crippen molar-refractivity contribution < 1.29 is 27.2 Å². The van der Waals surface area contributed by atoms with Gasteiger partial charge in [-0.05, 0) is 37.3 Å². The predicted octanol–water partition coefficient (Wildman–Crippen LogP) is 2.94. The Bertz CT molecular complexity index is 901. The van der Waals surface area contributed by atoms with E-state index in [4.69, 9.17) is 9.47 Å². The van der Waals surface area contributed by atoms with E-state index in [0.29, 0.717) is 6.61 Å². The monoisotopic (exact) mass is 370 g/mol. The van der Waals surface area contributed by atoms with Crippen LogP contribution in [-0.4, -0.2) is 27.1 Å². The molecule has 0 fully saturated rings. The van der Waals surface area contributed by atoms with Gasteiger partial charge in [-0.15, -0.1) is 0 Å². The van der Waals surface area contributed by atoms with E-state index in [2.05, 4.69) is 4.72 Å². The number of nitrogens with zero attached hydrogens (tertiary/aromatic N) is 1. The lowest BCUT2D eigenvalue weighted by Crippen LogP contribution is -2.14. The molecule has 10 heteroatoms. The summed E-state index contributed by atoms with van der Waals surface area (Å²) in [6.07, 6.45) is 0. The first kappa shape index (κ1) is 18.5. The second kappa shape index (κ2) is 7.34. The van der Waals surface area contributed by atoms with E-state index in [-0.39, 0.29) is 17.2 Å². The zero-order chi connectivity index (χ0) is 18.6. The standard InChI is InChI=1S/C15H15FN2O6S/c1-3-24-10-4-6-13(14(8-10)18(19)20)17-25(21,22)11-5-7-15(23-2)12(16)9-11/h4-9,17H,3H2,1-2H3. The van der Waals surface area contributed by atoms with Crippen LogP contribution >= 0.6 is 0 Å². The van der Waals surface area contributed by atoms with Gasteiger partial charge in [0.25, 0.3) is 15.7 Å². The summed E-state index contributed by atoms with van der Waals surface area (Å²) in [5, 5.41) is 11.2. The molecule has 0 amide bonds. The lowest BCUT2D eigenvalue weighted by Gasteiger charge is -2.11.